The Hall–Kier alpha value is -2.80. The maximum absolute atomic E-state index is 13.2. The van der Waals surface area contributed by atoms with Crippen molar-refractivity contribution in [3.05, 3.63) is 54.1 Å². The van der Waals surface area contributed by atoms with Gasteiger partial charge in [0.05, 0.1) is 11.3 Å². The molecule has 2 aliphatic heterocycles. The molecule has 1 atom stereocenters. The number of rotatable bonds is 5. The predicted molar refractivity (Wildman–Crippen MR) is 114 cm³/mol. The van der Waals surface area contributed by atoms with Gasteiger partial charge in [-0.3, -0.25) is 19.3 Å². The number of fused-ring (bicyclic) bond motifs is 3. The first-order valence-electron chi connectivity index (χ1n) is 9.62. The fraction of sp³-hybridized carbons (Fsp3) is 0.318. The van der Waals surface area contributed by atoms with Crippen molar-refractivity contribution in [2.75, 3.05) is 23.0 Å². The van der Waals surface area contributed by atoms with Gasteiger partial charge in [0.2, 0.25) is 11.8 Å². The van der Waals surface area contributed by atoms with Crippen molar-refractivity contribution in [3.63, 3.8) is 0 Å². The van der Waals surface area contributed by atoms with Gasteiger partial charge < -0.3 is 10.2 Å². The number of nitrogens with zero attached hydrogens (tertiary/aromatic N) is 2. The fourth-order valence-electron chi connectivity index (χ4n) is 4.18. The lowest BCUT2D eigenvalue weighted by Gasteiger charge is -2.48. The minimum Gasteiger partial charge on any atom is -0.326 e. The number of carbonyl (C=O) groups is 3. The monoisotopic (exact) mass is 409 g/mol. The molecular formula is C22H23N3O3S. The molecule has 7 heteroatoms. The highest BCUT2D eigenvalue weighted by Crippen LogP contribution is 2.43. The Bertz CT molecular complexity index is 993. The van der Waals surface area contributed by atoms with E-state index in [1.54, 1.807) is 33.7 Å². The summed E-state index contributed by atoms with van der Waals surface area (Å²) in [6.45, 7) is 2.16. The van der Waals surface area contributed by atoms with Crippen LogP contribution in [-0.4, -0.2) is 41.1 Å². The highest BCUT2D eigenvalue weighted by molar-refractivity contribution is 7.98. The molecular weight excluding hydrogens is 386 g/mol. The summed E-state index contributed by atoms with van der Waals surface area (Å²) in [5, 5.41) is 2.90. The Morgan fingerprint density at radius 1 is 1.17 bits per heavy atom. The summed E-state index contributed by atoms with van der Waals surface area (Å²) in [7, 11) is 0. The quantitative estimate of drug-likeness (QED) is 0.764. The van der Waals surface area contributed by atoms with E-state index in [0.29, 0.717) is 24.1 Å². The summed E-state index contributed by atoms with van der Waals surface area (Å²) < 4.78 is 0. The first kappa shape index (κ1) is 19.5. The van der Waals surface area contributed by atoms with E-state index >= 15 is 0 Å². The minimum absolute atomic E-state index is 0.00998. The zero-order valence-electron chi connectivity index (χ0n) is 16.5. The second-order valence-electron chi connectivity index (χ2n) is 7.45. The molecule has 0 saturated carbocycles. The molecule has 29 heavy (non-hydrogen) atoms. The molecule has 4 rings (SSSR count). The SMILES string of the molecule is CSc1cccc(NC(=O)CCN2C(=O)c3ccccc3N3C(=O)CCC23C)c1. The third kappa shape index (κ3) is 3.40. The maximum atomic E-state index is 13.2. The largest absolute Gasteiger partial charge is 0.326 e. The molecule has 6 nitrogen and oxygen atoms in total. The van der Waals surface area contributed by atoms with Gasteiger partial charge in [0, 0.05) is 30.0 Å². The number of amides is 3. The lowest BCUT2D eigenvalue weighted by Crippen LogP contribution is -2.62. The van der Waals surface area contributed by atoms with E-state index in [2.05, 4.69) is 5.32 Å². The Kier molecular flexibility index (Phi) is 5.08. The predicted octanol–water partition coefficient (Wildman–Crippen LogP) is 3.74. The smallest absolute Gasteiger partial charge is 0.257 e. The molecule has 3 amide bonds. The second kappa shape index (κ2) is 7.55. The van der Waals surface area contributed by atoms with Crippen LogP contribution in [0.25, 0.3) is 0 Å². The number of para-hydroxylation sites is 1. The lowest BCUT2D eigenvalue weighted by molar-refractivity contribution is -0.117. The molecule has 0 spiro atoms. The molecule has 150 valence electrons. The Balaban J connectivity index is 1.53. The Morgan fingerprint density at radius 2 is 1.97 bits per heavy atom. The second-order valence-corrected chi connectivity index (χ2v) is 8.33. The Morgan fingerprint density at radius 3 is 2.76 bits per heavy atom. The number of nitrogens with one attached hydrogen (secondary N) is 1. The average Bonchev–Trinajstić information content (AvgIpc) is 3.03. The van der Waals surface area contributed by atoms with Crippen molar-refractivity contribution in [2.24, 2.45) is 0 Å². The molecule has 0 aromatic heterocycles. The van der Waals surface area contributed by atoms with E-state index in [0.717, 1.165) is 10.6 Å². The van der Waals surface area contributed by atoms with Gasteiger partial charge in [-0.05, 0) is 49.9 Å². The van der Waals surface area contributed by atoms with Crippen LogP contribution < -0.4 is 10.2 Å². The van der Waals surface area contributed by atoms with E-state index in [4.69, 9.17) is 0 Å². The van der Waals surface area contributed by atoms with Crippen LogP contribution in [0, 0.1) is 0 Å². The van der Waals surface area contributed by atoms with Crippen LogP contribution in [-0.2, 0) is 9.59 Å². The van der Waals surface area contributed by atoms with Gasteiger partial charge in [-0.25, -0.2) is 0 Å². The van der Waals surface area contributed by atoms with Crippen LogP contribution in [0.2, 0.25) is 0 Å². The number of benzene rings is 2. The summed E-state index contributed by atoms with van der Waals surface area (Å²) in [4.78, 5) is 42.8. The molecule has 0 radical (unpaired) electrons. The lowest BCUT2D eigenvalue weighted by atomic mass is 9.98. The average molecular weight is 410 g/mol. The van der Waals surface area contributed by atoms with Gasteiger partial charge in [-0.1, -0.05) is 18.2 Å². The highest BCUT2D eigenvalue weighted by Gasteiger charge is 2.52. The fourth-order valence-corrected chi connectivity index (χ4v) is 4.64. The number of carbonyl (C=O) groups excluding carboxylic acids is 3. The number of hydrogen-bond donors (Lipinski definition) is 1. The van der Waals surface area contributed by atoms with Crippen LogP contribution in [0.5, 0.6) is 0 Å². The van der Waals surface area contributed by atoms with E-state index in [1.165, 1.54) is 0 Å². The van der Waals surface area contributed by atoms with Crippen LogP contribution >= 0.6 is 11.8 Å². The molecule has 0 aliphatic carbocycles. The van der Waals surface area contributed by atoms with E-state index in [1.807, 2.05) is 49.6 Å². The summed E-state index contributed by atoms with van der Waals surface area (Å²) in [6, 6.07) is 14.8. The molecule has 1 unspecified atom stereocenters. The molecule has 1 saturated heterocycles. The molecule has 2 aliphatic rings. The number of hydrogen-bond acceptors (Lipinski definition) is 4. The van der Waals surface area contributed by atoms with Crippen molar-refractivity contribution in [3.8, 4) is 0 Å². The third-order valence-electron chi connectivity index (χ3n) is 5.66. The van der Waals surface area contributed by atoms with Gasteiger partial charge >= 0.3 is 0 Å². The Labute approximate surface area is 174 Å². The maximum Gasteiger partial charge on any atom is 0.257 e. The normalized spacial score (nSPS) is 20.5. The highest BCUT2D eigenvalue weighted by atomic mass is 32.2. The summed E-state index contributed by atoms with van der Waals surface area (Å²) >= 11 is 1.61. The topological polar surface area (TPSA) is 69.7 Å². The first-order chi connectivity index (χ1) is 13.9. The van der Waals surface area contributed by atoms with E-state index < -0.39 is 5.66 Å². The van der Waals surface area contributed by atoms with E-state index in [-0.39, 0.29) is 30.7 Å². The zero-order valence-corrected chi connectivity index (χ0v) is 17.3. The minimum atomic E-state index is -0.735. The van der Waals surface area contributed by atoms with Gasteiger partial charge in [0.1, 0.15) is 5.66 Å². The van der Waals surface area contributed by atoms with Gasteiger partial charge in [0.15, 0.2) is 0 Å². The van der Waals surface area contributed by atoms with Crippen molar-refractivity contribution in [1.29, 1.82) is 0 Å². The van der Waals surface area contributed by atoms with Crippen LogP contribution in [0.1, 0.15) is 36.5 Å². The molecule has 2 heterocycles. The number of thioether (sulfide) groups is 1. The first-order valence-corrected chi connectivity index (χ1v) is 10.8. The van der Waals surface area contributed by atoms with Gasteiger partial charge in [0.25, 0.3) is 5.91 Å². The van der Waals surface area contributed by atoms with Crippen molar-refractivity contribution < 1.29 is 14.4 Å². The van der Waals surface area contributed by atoms with Crippen LogP contribution in [0.4, 0.5) is 11.4 Å². The summed E-state index contributed by atoms with van der Waals surface area (Å²) in [6.07, 6.45) is 3.09. The van der Waals surface area contributed by atoms with Crippen molar-refractivity contribution >= 4 is 40.9 Å². The molecule has 1 N–H and O–H groups in total. The van der Waals surface area contributed by atoms with E-state index in [9.17, 15) is 14.4 Å². The summed E-state index contributed by atoms with van der Waals surface area (Å²) in [5.74, 6) is -0.281. The van der Waals surface area contributed by atoms with Gasteiger partial charge in [-0.15, -0.1) is 11.8 Å². The van der Waals surface area contributed by atoms with Crippen molar-refractivity contribution in [2.45, 2.75) is 36.7 Å². The van der Waals surface area contributed by atoms with Crippen molar-refractivity contribution in [1.82, 2.24) is 4.90 Å². The third-order valence-corrected chi connectivity index (χ3v) is 6.39. The molecule has 2 aromatic rings. The standard InChI is InChI=1S/C22H23N3O3S/c1-22-12-10-20(27)25(22)18-9-4-3-8-17(18)21(28)24(22)13-11-19(26)23-15-6-5-7-16(14-15)29-2/h3-9,14H,10-13H2,1-2H3,(H,23,26). The van der Waals surface area contributed by atoms with Gasteiger partial charge in [-0.2, -0.15) is 0 Å². The number of anilines is 2. The zero-order chi connectivity index (χ0) is 20.6. The van der Waals surface area contributed by atoms with Crippen LogP contribution in [0.15, 0.2) is 53.4 Å². The summed E-state index contributed by atoms with van der Waals surface area (Å²) in [5.41, 5.74) is 1.17. The van der Waals surface area contributed by atoms with Crippen LogP contribution in [0.3, 0.4) is 0 Å². The molecule has 2 aromatic carbocycles. The molecule has 1 fully saturated rings. The molecule has 0 bridgehead atoms.